The fourth-order valence-electron chi connectivity index (χ4n) is 4.72. The molecule has 4 heterocycles. The van der Waals surface area contributed by atoms with Crippen LogP contribution < -0.4 is 16.0 Å². The molecule has 0 radical (unpaired) electrons. The molecule has 3 aromatic rings. The van der Waals surface area contributed by atoms with Crippen LogP contribution in [0.4, 0.5) is 34.6 Å². The van der Waals surface area contributed by atoms with Crippen LogP contribution in [0.15, 0.2) is 35.6 Å². The van der Waals surface area contributed by atoms with E-state index < -0.39 is 17.8 Å². The molecule has 0 unspecified atom stereocenters. The van der Waals surface area contributed by atoms with E-state index in [4.69, 9.17) is 0 Å². The normalized spacial score (nSPS) is 17.3. The number of thioether (sulfide) groups is 1. The standard InChI is InChI=1S/C25H28F3N7O2S2/c26-25(27,28)16-8-15(12-35-6-1-2-18(35)13-36)9-17(10-16)33-23(37)34-24-30-11-19(39-24)3-5-29-22-21-20(4-7-38-21)31-14-32-22/h8-11,14,18,36H,1-7,12-13H2,(H,29,31,32)(H2,30,33,34,37)/t18-/m1/s1. The number of aromatic nitrogens is 3. The molecule has 0 saturated carbocycles. The van der Waals surface area contributed by atoms with Crippen molar-refractivity contribution in [2.75, 3.05) is 41.4 Å². The first-order chi connectivity index (χ1) is 18.8. The molecule has 2 amide bonds. The SMILES string of the molecule is O=C(Nc1cc(CN2CCC[C@@H]2CO)cc(C(F)(F)F)c1)Nc1ncc(CCNc2ncnc3c2SCC3)s1. The maximum Gasteiger partial charge on any atom is 0.416 e. The maximum atomic E-state index is 13.6. The summed E-state index contributed by atoms with van der Waals surface area (Å²) >= 11 is 3.03. The van der Waals surface area contributed by atoms with Crippen molar-refractivity contribution in [3.8, 4) is 0 Å². The number of benzene rings is 1. The molecule has 9 nitrogen and oxygen atoms in total. The van der Waals surface area contributed by atoms with Gasteiger partial charge in [-0.3, -0.25) is 10.2 Å². The van der Waals surface area contributed by atoms with Gasteiger partial charge in [0.2, 0.25) is 0 Å². The number of aryl methyl sites for hydroxylation is 1. The predicted octanol–water partition coefficient (Wildman–Crippen LogP) is 4.86. The number of aliphatic hydroxyl groups is 1. The van der Waals surface area contributed by atoms with Crippen molar-refractivity contribution < 1.29 is 23.1 Å². The summed E-state index contributed by atoms with van der Waals surface area (Å²) in [5, 5.41) is 18.3. The molecule has 5 rings (SSSR count). The monoisotopic (exact) mass is 579 g/mol. The van der Waals surface area contributed by atoms with Crippen LogP contribution in [-0.2, 0) is 25.6 Å². The van der Waals surface area contributed by atoms with Gasteiger partial charge in [0.25, 0.3) is 0 Å². The van der Waals surface area contributed by atoms with E-state index in [1.807, 2.05) is 4.90 Å². The zero-order chi connectivity index (χ0) is 27.4. The minimum Gasteiger partial charge on any atom is -0.395 e. The second-order valence-corrected chi connectivity index (χ2v) is 11.6. The minimum absolute atomic E-state index is 0.0355. The van der Waals surface area contributed by atoms with E-state index in [1.54, 1.807) is 24.3 Å². The molecular formula is C25H28F3N7O2S2. The number of urea groups is 1. The van der Waals surface area contributed by atoms with E-state index in [2.05, 4.69) is 30.9 Å². The quantitative estimate of drug-likeness (QED) is 0.284. The topological polar surface area (TPSA) is 115 Å². The van der Waals surface area contributed by atoms with Gasteiger partial charge in [0.1, 0.15) is 12.1 Å². The lowest BCUT2D eigenvalue weighted by Gasteiger charge is -2.23. The lowest BCUT2D eigenvalue weighted by atomic mass is 10.1. The Bertz CT molecular complexity index is 1320. The van der Waals surface area contributed by atoms with Crippen molar-refractivity contribution in [1.82, 2.24) is 19.9 Å². The number of hydrogen-bond acceptors (Lipinski definition) is 9. The molecule has 208 valence electrons. The molecule has 2 aliphatic rings. The van der Waals surface area contributed by atoms with Gasteiger partial charge in [-0.05, 0) is 43.1 Å². The molecule has 4 N–H and O–H groups in total. The number of thiazole rings is 1. The van der Waals surface area contributed by atoms with Crippen LogP contribution in [0.1, 0.15) is 34.5 Å². The average molecular weight is 580 g/mol. The van der Waals surface area contributed by atoms with Gasteiger partial charge in [0.05, 0.1) is 22.8 Å². The smallest absolute Gasteiger partial charge is 0.395 e. The third kappa shape index (κ3) is 6.99. The van der Waals surface area contributed by atoms with E-state index in [0.717, 1.165) is 58.4 Å². The third-order valence-electron chi connectivity index (χ3n) is 6.57. The van der Waals surface area contributed by atoms with Crippen LogP contribution in [0.25, 0.3) is 0 Å². The van der Waals surface area contributed by atoms with Crippen molar-refractivity contribution in [2.45, 2.75) is 49.3 Å². The molecule has 1 fully saturated rings. The average Bonchev–Trinajstić information content (AvgIpc) is 3.65. The molecule has 0 bridgehead atoms. The summed E-state index contributed by atoms with van der Waals surface area (Å²) in [5.41, 5.74) is 0.670. The van der Waals surface area contributed by atoms with E-state index in [-0.39, 0.29) is 24.9 Å². The Labute approximate surface area is 231 Å². The number of fused-ring (bicyclic) bond motifs is 1. The van der Waals surface area contributed by atoms with Gasteiger partial charge in [-0.2, -0.15) is 13.2 Å². The molecule has 0 spiro atoms. The number of carbonyl (C=O) groups excluding carboxylic acids is 1. The van der Waals surface area contributed by atoms with Crippen LogP contribution in [0, 0.1) is 0 Å². The Morgan fingerprint density at radius 1 is 1.18 bits per heavy atom. The fraction of sp³-hybridized carbons (Fsp3) is 0.440. The summed E-state index contributed by atoms with van der Waals surface area (Å²) in [7, 11) is 0. The number of alkyl halides is 3. The van der Waals surface area contributed by atoms with E-state index >= 15 is 0 Å². The Morgan fingerprint density at radius 3 is 2.87 bits per heavy atom. The number of nitrogens with zero attached hydrogens (tertiary/aromatic N) is 4. The summed E-state index contributed by atoms with van der Waals surface area (Å²) in [5.74, 6) is 1.82. The molecule has 39 heavy (non-hydrogen) atoms. The van der Waals surface area contributed by atoms with Gasteiger partial charge in [-0.15, -0.1) is 23.1 Å². The van der Waals surface area contributed by atoms with Crippen molar-refractivity contribution in [3.63, 3.8) is 0 Å². The van der Waals surface area contributed by atoms with E-state index in [0.29, 0.717) is 30.2 Å². The zero-order valence-corrected chi connectivity index (χ0v) is 22.6. The molecule has 1 aromatic carbocycles. The summed E-state index contributed by atoms with van der Waals surface area (Å²) in [6, 6.07) is 2.78. The van der Waals surface area contributed by atoms with Crippen LogP contribution >= 0.6 is 23.1 Å². The number of anilines is 3. The molecule has 1 saturated heterocycles. The molecule has 2 aromatic heterocycles. The molecule has 1 atom stereocenters. The second kappa shape index (κ2) is 12.1. The highest BCUT2D eigenvalue weighted by Gasteiger charge is 2.32. The Morgan fingerprint density at radius 2 is 2.05 bits per heavy atom. The Hall–Kier alpha value is -2.94. The number of carbonyl (C=O) groups is 1. The van der Waals surface area contributed by atoms with Gasteiger partial charge in [0, 0.05) is 54.5 Å². The van der Waals surface area contributed by atoms with E-state index in [9.17, 15) is 23.1 Å². The van der Waals surface area contributed by atoms with Gasteiger partial charge < -0.3 is 15.7 Å². The molecular weight excluding hydrogens is 551 g/mol. The number of nitrogens with one attached hydrogen (secondary N) is 3. The summed E-state index contributed by atoms with van der Waals surface area (Å²) < 4.78 is 40.7. The lowest BCUT2D eigenvalue weighted by Crippen LogP contribution is -2.31. The first-order valence-electron chi connectivity index (χ1n) is 12.6. The van der Waals surface area contributed by atoms with Gasteiger partial charge >= 0.3 is 12.2 Å². The largest absolute Gasteiger partial charge is 0.416 e. The van der Waals surface area contributed by atoms with Crippen molar-refractivity contribution in [1.29, 1.82) is 0 Å². The van der Waals surface area contributed by atoms with Crippen LogP contribution in [0.3, 0.4) is 0 Å². The van der Waals surface area contributed by atoms with Gasteiger partial charge in [-0.25, -0.2) is 19.7 Å². The number of amides is 2. The first-order valence-corrected chi connectivity index (χ1v) is 14.4. The second-order valence-electron chi connectivity index (χ2n) is 9.35. The highest BCUT2D eigenvalue weighted by molar-refractivity contribution is 7.99. The lowest BCUT2D eigenvalue weighted by molar-refractivity contribution is -0.137. The zero-order valence-electron chi connectivity index (χ0n) is 20.9. The van der Waals surface area contributed by atoms with Crippen molar-refractivity contribution >= 4 is 45.8 Å². The van der Waals surface area contributed by atoms with Crippen molar-refractivity contribution in [3.05, 3.63) is 52.4 Å². The molecule has 2 aliphatic heterocycles. The van der Waals surface area contributed by atoms with Gasteiger partial charge in [-0.1, -0.05) is 0 Å². The number of aliphatic hydroxyl groups excluding tert-OH is 1. The number of halogens is 3. The fourth-order valence-corrected chi connectivity index (χ4v) is 6.61. The summed E-state index contributed by atoms with van der Waals surface area (Å²) in [6.07, 6.45) is 1.94. The number of likely N-dealkylation sites (tertiary alicyclic amines) is 1. The minimum atomic E-state index is -4.56. The summed E-state index contributed by atoms with van der Waals surface area (Å²) in [6.45, 7) is 1.54. The maximum absolute atomic E-state index is 13.6. The molecule has 0 aliphatic carbocycles. The third-order valence-corrected chi connectivity index (χ3v) is 8.67. The highest BCUT2D eigenvalue weighted by atomic mass is 32.2. The van der Waals surface area contributed by atoms with Crippen molar-refractivity contribution in [2.24, 2.45) is 0 Å². The number of hydrogen-bond donors (Lipinski definition) is 4. The predicted molar refractivity (Wildman–Crippen MR) is 145 cm³/mol. The Kier molecular flexibility index (Phi) is 8.54. The Balaban J connectivity index is 1.18. The number of rotatable bonds is 9. The molecule has 14 heteroatoms. The van der Waals surface area contributed by atoms with E-state index in [1.165, 1.54) is 17.4 Å². The summed E-state index contributed by atoms with van der Waals surface area (Å²) in [4.78, 5) is 29.4. The first kappa shape index (κ1) is 27.6. The van der Waals surface area contributed by atoms with Crippen LogP contribution in [0.2, 0.25) is 0 Å². The highest BCUT2D eigenvalue weighted by Crippen LogP contribution is 2.35. The van der Waals surface area contributed by atoms with Crippen LogP contribution in [-0.4, -0.2) is 62.5 Å². The van der Waals surface area contributed by atoms with Crippen LogP contribution in [0.5, 0.6) is 0 Å². The van der Waals surface area contributed by atoms with Gasteiger partial charge in [0.15, 0.2) is 5.13 Å².